The Hall–Kier alpha value is -1.39. The number of carbonyl (C=O) groups is 1. The summed E-state index contributed by atoms with van der Waals surface area (Å²) in [5, 5.41) is 0. The highest BCUT2D eigenvalue weighted by atomic mass is 16.5. The van der Waals surface area contributed by atoms with Gasteiger partial charge >= 0.3 is 5.97 Å². The third-order valence-electron chi connectivity index (χ3n) is 5.42. The van der Waals surface area contributed by atoms with Gasteiger partial charge in [0, 0.05) is 12.1 Å². The second kappa shape index (κ2) is 7.66. The van der Waals surface area contributed by atoms with Gasteiger partial charge in [-0.05, 0) is 52.1 Å². The molecule has 4 nitrogen and oxygen atoms in total. The molecule has 2 fully saturated rings. The van der Waals surface area contributed by atoms with Crippen molar-refractivity contribution in [1.29, 1.82) is 0 Å². The standard InChI is InChI=1S/C20H29NO3/c1-14(2)23-13-19(15-7-5-4-6-8-15)20(22)24-18-11-16-9-10-17(12-18)21(16)3/h4-8,14,16-19H,9-13H2,1-3H3/t16-,17+,18?,19?. The number of rotatable bonds is 6. The summed E-state index contributed by atoms with van der Waals surface area (Å²) in [6.07, 6.45) is 4.54. The Morgan fingerprint density at radius 1 is 1.17 bits per heavy atom. The average molecular weight is 331 g/mol. The van der Waals surface area contributed by atoms with Gasteiger partial charge in [-0.25, -0.2) is 0 Å². The third kappa shape index (κ3) is 3.98. The summed E-state index contributed by atoms with van der Waals surface area (Å²) in [5.41, 5.74) is 0.971. The molecule has 3 rings (SSSR count). The SMILES string of the molecule is CC(C)OCC(C(=O)OC1C[C@H]2CC[C@@H](C1)N2C)c1ccccc1. The number of benzene rings is 1. The Kier molecular flexibility index (Phi) is 5.57. The average Bonchev–Trinajstić information content (AvgIpc) is 2.77. The van der Waals surface area contributed by atoms with Gasteiger partial charge in [0.2, 0.25) is 0 Å². The van der Waals surface area contributed by atoms with Crippen molar-refractivity contribution in [3.8, 4) is 0 Å². The van der Waals surface area contributed by atoms with Crippen LogP contribution in [0.25, 0.3) is 0 Å². The summed E-state index contributed by atoms with van der Waals surface area (Å²) in [6.45, 7) is 4.35. The van der Waals surface area contributed by atoms with Crippen molar-refractivity contribution in [3.05, 3.63) is 35.9 Å². The maximum Gasteiger partial charge on any atom is 0.316 e. The molecule has 2 heterocycles. The van der Waals surface area contributed by atoms with Crippen LogP contribution in [0, 0.1) is 0 Å². The minimum absolute atomic E-state index is 0.0523. The van der Waals surface area contributed by atoms with Crippen LogP contribution in [0.15, 0.2) is 30.3 Å². The van der Waals surface area contributed by atoms with E-state index in [1.54, 1.807) is 0 Å². The van der Waals surface area contributed by atoms with Crippen molar-refractivity contribution in [3.63, 3.8) is 0 Å². The fourth-order valence-corrected chi connectivity index (χ4v) is 3.98. The predicted molar refractivity (Wildman–Crippen MR) is 94.0 cm³/mol. The number of carbonyl (C=O) groups excluding carboxylic acids is 1. The van der Waals surface area contributed by atoms with Crippen molar-refractivity contribution in [2.45, 2.75) is 69.7 Å². The molecule has 2 saturated heterocycles. The normalized spacial score (nSPS) is 28.1. The summed E-state index contributed by atoms with van der Waals surface area (Å²) in [7, 11) is 2.20. The molecular weight excluding hydrogens is 302 g/mol. The fraction of sp³-hybridized carbons (Fsp3) is 0.650. The van der Waals surface area contributed by atoms with Crippen LogP contribution in [0.5, 0.6) is 0 Å². The molecule has 4 heteroatoms. The number of hydrogen-bond acceptors (Lipinski definition) is 4. The number of nitrogens with zero attached hydrogens (tertiary/aromatic N) is 1. The highest BCUT2D eigenvalue weighted by Crippen LogP contribution is 2.36. The van der Waals surface area contributed by atoms with Crippen LogP contribution in [0.4, 0.5) is 0 Å². The largest absolute Gasteiger partial charge is 0.462 e. The van der Waals surface area contributed by atoms with Gasteiger partial charge in [0.15, 0.2) is 0 Å². The van der Waals surface area contributed by atoms with E-state index in [9.17, 15) is 4.79 Å². The summed E-state index contributed by atoms with van der Waals surface area (Å²) in [6, 6.07) is 11.0. The van der Waals surface area contributed by atoms with Gasteiger partial charge < -0.3 is 14.4 Å². The van der Waals surface area contributed by atoms with Gasteiger partial charge in [0.25, 0.3) is 0 Å². The minimum atomic E-state index is -0.342. The van der Waals surface area contributed by atoms with Crippen molar-refractivity contribution in [2.24, 2.45) is 0 Å². The molecule has 4 atom stereocenters. The van der Waals surface area contributed by atoms with Crippen LogP contribution in [0.1, 0.15) is 51.0 Å². The summed E-state index contributed by atoms with van der Waals surface area (Å²) in [5.74, 6) is -0.485. The smallest absolute Gasteiger partial charge is 0.316 e. The van der Waals surface area contributed by atoms with Crippen LogP contribution < -0.4 is 0 Å². The van der Waals surface area contributed by atoms with Gasteiger partial charge in [0.1, 0.15) is 12.0 Å². The lowest BCUT2D eigenvalue weighted by Crippen LogP contribution is -2.44. The van der Waals surface area contributed by atoms with E-state index in [1.807, 2.05) is 44.2 Å². The Morgan fingerprint density at radius 3 is 2.38 bits per heavy atom. The maximum atomic E-state index is 12.8. The van der Waals surface area contributed by atoms with E-state index >= 15 is 0 Å². The Morgan fingerprint density at radius 2 is 1.79 bits per heavy atom. The Bertz CT molecular complexity index is 531. The van der Waals surface area contributed by atoms with E-state index in [-0.39, 0.29) is 24.1 Å². The van der Waals surface area contributed by atoms with E-state index in [4.69, 9.17) is 9.47 Å². The molecular formula is C20H29NO3. The van der Waals surface area contributed by atoms with Crippen molar-refractivity contribution < 1.29 is 14.3 Å². The molecule has 0 amide bonds. The quantitative estimate of drug-likeness (QED) is 0.749. The fourth-order valence-electron chi connectivity index (χ4n) is 3.98. The first-order valence-electron chi connectivity index (χ1n) is 9.13. The first-order valence-corrected chi connectivity index (χ1v) is 9.13. The molecule has 0 aromatic heterocycles. The third-order valence-corrected chi connectivity index (χ3v) is 5.42. The van der Waals surface area contributed by atoms with E-state index in [0.29, 0.717) is 18.7 Å². The van der Waals surface area contributed by atoms with Gasteiger partial charge in [0.05, 0.1) is 12.7 Å². The van der Waals surface area contributed by atoms with E-state index in [0.717, 1.165) is 18.4 Å². The summed E-state index contributed by atoms with van der Waals surface area (Å²) >= 11 is 0. The molecule has 0 spiro atoms. The lowest BCUT2D eigenvalue weighted by molar-refractivity contribution is -0.156. The van der Waals surface area contributed by atoms with Gasteiger partial charge in [-0.3, -0.25) is 4.79 Å². The lowest BCUT2D eigenvalue weighted by Gasteiger charge is -2.36. The number of ether oxygens (including phenoxy) is 2. The maximum absolute atomic E-state index is 12.8. The van der Waals surface area contributed by atoms with Crippen molar-refractivity contribution in [2.75, 3.05) is 13.7 Å². The molecule has 0 N–H and O–H groups in total. The molecule has 2 unspecified atom stereocenters. The highest BCUT2D eigenvalue weighted by molar-refractivity contribution is 5.78. The van der Waals surface area contributed by atoms with Crippen LogP contribution in [0.2, 0.25) is 0 Å². The molecule has 0 radical (unpaired) electrons. The van der Waals surface area contributed by atoms with E-state index in [1.165, 1.54) is 12.8 Å². The second-order valence-corrected chi connectivity index (χ2v) is 7.43. The van der Waals surface area contributed by atoms with Gasteiger partial charge in [-0.15, -0.1) is 0 Å². The molecule has 24 heavy (non-hydrogen) atoms. The zero-order chi connectivity index (χ0) is 17.1. The predicted octanol–water partition coefficient (Wildman–Crippen LogP) is 3.36. The topological polar surface area (TPSA) is 38.8 Å². The first kappa shape index (κ1) is 17.4. The monoisotopic (exact) mass is 331 g/mol. The number of piperidine rings is 1. The zero-order valence-corrected chi connectivity index (χ0v) is 15.0. The van der Waals surface area contributed by atoms with Gasteiger partial charge in [-0.1, -0.05) is 30.3 Å². The molecule has 2 bridgehead atoms. The highest BCUT2D eigenvalue weighted by Gasteiger charge is 2.40. The molecule has 1 aromatic rings. The molecule has 2 aliphatic heterocycles. The zero-order valence-electron chi connectivity index (χ0n) is 15.0. The van der Waals surface area contributed by atoms with E-state index in [2.05, 4.69) is 11.9 Å². The van der Waals surface area contributed by atoms with E-state index < -0.39 is 0 Å². The lowest BCUT2D eigenvalue weighted by atomic mass is 9.98. The summed E-state index contributed by atoms with van der Waals surface area (Å²) < 4.78 is 11.7. The second-order valence-electron chi connectivity index (χ2n) is 7.43. The Balaban J connectivity index is 1.65. The number of hydrogen-bond donors (Lipinski definition) is 0. The van der Waals surface area contributed by atoms with Crippen molar-refractivity contribution in [1.82, 2.24) is 4.90 Å². The molecule has 2 aliphatic rings. The van der Waals surface area contributed by atoms with Crippen LogP contribution in [-0.2, 0) is 14.3 Å². The van der Waals surface area contributed by atoms with Crippen LogP contribution in [0.3, 0.4) is 0 Å². The molecule has 0 aliphatic carbocycles. The van der Waals surface area contributed by atoms with Gasteiger partial charge in [-0.2, -0.15) is 0 Å². The molecule has 1 aromatic carbocycles. The van der Waals surface area contributed by atoms with Crippen LogP contribution >= 0.6 is 0 Å². The number of fused-ring (bicyclic) bond motifs is 2. The molecule has 0 saturated carbocycles. The number of esters is 1. The Labute approximate surface area is 145 Å². The van der Waals surface area contributed by atoms with Crippen molar-refractivity contribution >= 4 is 5.97 Å². The molecule has 132 valence electrons. The summed E-state index contributed by atoms with van der Waals surface area (Å²) in [4.78, 5) is 15.3. The minimum Gasteiger partial charge on any atom is -0.462 e. The van der Waals surface area contributed by atoms with Crippen LogP contribution in [-0.4, -0.2) is 48.8 Å². The first-order chi connectivity index (χ1) is 11.5.